The van der Waals surface area contributed by atoms with Crippen LogP contribution in [0.2, 0.25) is 0 Å². The summed E-state index contributed by atoms with van der Waals surface area (Å²) in [6.45, 7) is 2.06. The largest absolute Gasteiger partial charge is 0.394 e. The molecular weight excluding hydrogens is 230 g/mol. The summed E-state index contributed by atoms with van der Waals surface area (Å²) >= 11 is 0. The lowest BCUT2D eigenvalue weighted by Crippen LogP contribution is -2.53. The van der Waals surface area contributed by atoms with Gasteiger partial charge in [-0.15, -0.1) is 0 Å². The van der Waals surface area contributed by atoms with Crippen LogP contribution in [-0.2, 0) is 9.47 Å². The molecule has 0 aromatic carbocycles. The van der Waals surface area contributed by atoms with Crippen LogP contribution >= 0.6 is 0 Å². The normalized spacial score (nSPS) is 44.1. The molecular formula is C10H19NO6. The zero-order valence-electron chi connectivity index (χ0n) is 9.53. The summed E-state index contributed by atoms with van der Waals surface area (Å²) in [5.41, 5.74) is 0. The lowest BCUT2D eigenvalue weighted by atomic mass is 10.0. The number of aliphatic hydroxyl groups excluding tert-OH is 3. The molecule has 2 saturated heterocycles. The summed E-state index contributed by atoms with van der Waals surface area (Å²) in [4.78, 5) is 1.89. The summed E-state index contributed by atoms with van der Waals surface area (Å²) in [6.07, 6.45) is -3.63. The third-order valence-electron chi connectivity index (χ3n) is 3.26. The van der Waals surface area contributed by atoms with Crippen molar-refractivity contribution < 1.29 is 29.9 Å². The van der Waals surface area contributed by atoms with Crippen LogP contribution in [0.4, 0.5) is 0 Å². The zero-order valence-corrected chi connectivity index (χ0v) is 9.53. The molecule has 0 aliphatic carbocycles. The minimum atomic E-state index is -1.83. The third-order valence-corrected chi connectivity index (χ3v) is 3.26. The van der Waals surface area contributed by atoms with Crippen LogP contribution in [0.5, 0.6) is 0 Å². The van der Waals surface area contributed by atoms with Gasteiger partial charge in [0.15, 0.2) is 0 Å². The van der Waals surface area contributed by atoms with E-state index in [1.165, 1.54) is 0 Å². The Morgan fingerprint density at radius 2 is 1.88 bits per heavy atom. The maximum atomic E-state index is 10.2. The van der Waals surface area contributed by atoms with E-state index in [0.717, 1.165) is 0 Å². The van der Waals surface area contributed by atoms with Crippen molar-refractivity contribution in [1.82, 2.24) is 4.90 Å². The van der Waals surface area contributed by atoms with Gasteiger partial charge in [-0.2, -0.15) is 0 Å². The predicted molar refractivity (Wildman–Crippen MR) is 56.2 cm³/mol. The Bertz CT molecular complexity index is 259. The molecule has 0 bridgehead atoms. The van der Waals surface area contributed by atoms with Gasteiger partial charge in [0, 0.05) is 13.1 Å². The smallest absolute Gasteiger partial charge is 0.208 e. The zero-order chi connectivity index (χ0) is 12.5. The van der Waals surface area contributed by atoms with E-state index in [2.05, 4.69) is 0 Å². The van der Waals surface area contributed by atoms with E-state index >= 15 is 0 Å². The number of ether oxygens (including phenoxy) is 2. The molecule has 0 radical (unpaired) electrons. The third kappa shape index (κ3) is 2.60. The van der Waals surface area contributed by atoms with Crippen molar-refractivity contribution in [2.45, 2.75) is 24.1 Å². The van der Waals surface area contributed by atoms with Crippen molar-refractivity contribution in [2.24, 2.45) is 0 Å². The van der Waals surface area contributed by atoms with Gasteiger partial charge in [0.1, 0.15) is 18.3 Å². The number of nitrogens with zero attached hydrogens (tertiary/aromatic N) is 1. The number of β-amino-alcohol motifs (C(OH)–C–C–N with tert-alkyl or cyclic N) is 1. The highest BCUT2D eigenvalue weighted by Crippen LogP contribution is 2.30. The highest BCUT2D eigenvalue weighted by atomic mass is 16.7. The minimum Gasteiger partial charge on any atom is -0.394 e. The Balaban J connectivity index is 1.98. The average Bonchev–Trinajstić information content (AvgIpc) is 2.55. The fourth-order valence-electron chi connectivity index (χ4n) is 2.23. The second-order valence-corrected chi connectivity index (χ2v) is 4.51. The maximum Gasteiger partial charge on any atom is 0.208 e. The fourth-order valence-corrected chi connectivity index (χ4v) is 2.23. The van der Waals surface area contributed by atoms with Gasteiger partial charge < -0.3 is 29.9 Å². The standard InChI is InChI=1S/C10H19NO6/c12-5-7-8(13)9(14)10(15,17-7)6-11-1-3-16-4-2-11/h7-9,12-15H,1-6H2/t7-,8-,9-,10?/m1/s1. The van der Waals surface area contributed by atoms with E-state index in [1.807, 2.05) is 4.90 Å². The minimum absolute atomic E-state index is 0.0884. The first-order valence-electron chi connectivity index (χ1n) is 5.74. The SMILES string of the molecule is OC[C@H]1OC(O)(CN2CCOCC2)[C@H](O)[C@@H]1O. The molecule has 0 saturated carbocycles. The highest BCUT2D eigenvalue weighted by Gasteiger charge is 2.53. The Labute approximate surface area is 99.2 Å². The highest BCUT2D eigenvalue weighted by molar-refractivity contribution is 4.97. The monoisotopic (exact) mass is 249 g/mol. The summed E-state index contributed by atoms with van der Waals surface area (Å²) in [5, 5.41) is 38.4. The molecule has 4 N–H and O–H groups in total. The quantitative estimate of drug-likeness (QED) is 0.426. The van der Waals surface area contributed by atoms with Crippen molar-refractivity contribution >= 4 is 0 Å². The number of morpholine rings is 1. The van der Waals surface area contributed by atoms with Gasteiger partial charge in [0.25, 0.3) is 0 Å². The van der Waals surface area contributed by atoms with E-state index in [9.17, 15) is 15.3 Å². The first-order chi connectivity index (χ1) is 8.07. The second kappa shape index (κ2) is 5.15. The van der Waals surface area contributed by atoms with Crippen molar-refractivity contribution in [1.29, 1.82) is 0 Å². The molecule has 2 heterocycles. The molecule has 4 atom stereocenters. The molecule has 0 amide bonds. The molecule has 0 spiro atoms. The van der Waals surface area contributed by atoms with E-state index in [1.54, 1.807) is 0 Å². The molecule has 2 aliphatic rings. The lowest BCUT2D eigenvalue weighted by Gasteiger charge is -2.34. The van der Waals surface area contributed by atoms with E-state index < -0.39 is 30.7 Å². The molecule has 0 aromatic rings. The van der Waals surface area contributed by atoms with Gasteiger partial charge >= 0.3 is 0 Å². The molecule has 100 valence electrons. The fraction of sp³-hybridized carbons (Fsp3) is 1.00. The molecule has 2 fully saturated rings. The molecule has 7 nitrogen and oxygen atoms in total. The van der Waals surface area contributed by atoms with E-state index in [-0.39, 0.29) is 6.54 Å². The Morgan fingerprint density at radius 3 is 2.41 bits per heavy atom. The predicted octanol–water partition coefficient (Wildman–Crippen LogP) is -2.88. The van der Waals surface area contributed by atoms with Crippen LogP contribution in [-0.4, -0.2) is 88.9 Å². The molecule has 0 aromatic heterocycles. The summed E-state index contributed by atoms with van der Waals surface area (Å²) in [6, 6.07) is 0. The van der Waals surface area contributed by atoms with Gasteiger partial charge in [-0.25, -0.2) is 0 Å². The van der Waals surface area contributed by atoms with Crippen molar-refractivity contribution in [3.8, 4) is 0 Å². The van der Waals surface area contributed by atoms with Crippen molar-refractivity contribution in [3.63, 3.8) is 0 Å². The molecule has 1 unspecified atom stereocenters. The van der Waals surface area contributed by atoms with Crippen molar-refractivity contribution in [3.05, 3.63) is 0 Å². The van der Waals surface area contributed by atoms with Crippen LogP contribution < -0.4 is 0 Å². The van der Waals surface area contributed by atoms with Gasteiger partial charge in [-0.1, -0.05) is 0 Å². The van der Waals surface area contributed by atoms with Crippen LogP contribution in [0.15, 0.2) is 0 Å². The molecule has 7 heteroatoms. The lowest BCUT2D eigenvalue weighted by molar-refractivity contribution is -0.241. The van der Waals surface area contributed by atoms with Gasteiger partial charge in [-0.3, -0.25) is 4.90 Å². The van der Waals surface area contributed by atoms with E-state index in [4.69, 9.17) is 14.6 Å². The van der Waals surface area contributed by atoms with Gasteiger partial charge in [0.05, 0.1) is 26.4 Å². The van der Waals surface area contributed by atoms with Crippen LogP contribution in [0, 0.1) is 0 Å². The number of hydrogen-bond donors (Lipinski definition) is 4. The first kappa shape index (κ1) is 13.2. The van der Waals surface area contributed by atoms with Crippen LogP contribution in [0.25, 0.3) is 0 Å². The molecule has 2 aliphatic heterocycles. The van der Waals surface area contributed by atoms with Gasteiger partial charge in [0.2, 0.25) is 5.79 Å². The average molecular weight is 249 g/mol. The summed E-state index contributed by atoms with van der Waals surface area (Å²) in [7, 11) is 0. The van der Waals surface area contributed by atoms with E-state index in [0.29, 0.717) is 26.3 Å². The first-order valence-corrected chi connectivity index (χ1v) is 5.74. The van der Waals surface area contributed by atoms with Crippen molar-refractivity contribution in [2.75, 3.05) is 39.5 Å². The maximum absolute atomic E-state index is 10.2. The Hall–Kier alpha value is -0.280. The molecule has 2 rings (SSSR count). The summed E-state index contributed by atoms with van der Waals surface area (Å²) in [5.74, 6) is -1.83. The van der Waals surface area contributed by atoms with Gasteiger partial charge in [-0.05, 0) is 0 Å². The topological polar surface area (TPSA) is 103 Å². The number of hydrogen-bond acceptors (Lipinski definition) is 7. The number of rotatable bonds is 3. The van der Waals surface area contributed by atoms with Crippen LogP contribution in [0.1, 0.15) is 0 Å². The Kier molecular flexibility index (Phi) is 3.99. The Morgan fingerprint density at radius 1 is 1.24 bits per heavy atom. The number of aliphatic hydroxyl groups is 4. The molecule has 17 heavy (non-hydrogen) atoms. The second-order valence-electron chi connectivity index (χ2n) is 4.51. The van der Waals surface area contributed by atoms with Crippen LogP contribution in [0.3, 0.4) is 0 Å². The summed E-state index contributed by atoms with van der Waals surface area (Å²) < 4.78 is 10.3.